The van der Waals surface area contributed by atoms with Crippen LogP contribution in [0.3, 0.4) is 0 Å². The smallest absolute Gasteiger partial charge is 0.264 e. The number of hydrogen-bond acceptors (Lipinski definition) is 4. The van der Waals surface area contributed by atoms with Gasteiger partial charge in [-0.05, 0) is 68.0 Å². The molecule has 1 saturated carbocycles. The van der Waals surface area contributed by atoms with E-state index in [1.807, 2.05) is 49.4 Å². The molecule has 0 spiro atoms. The number of amides is 2. The molecule has 1 fully saturated rings. The molecule has 1 unspecified atom stereocenters. The summed E-state index contributed by atoms with van der Waals surface area (Å²) in [6.07, 6.45) is 6.57. The minimum Gasteiger partial charge on any atom is -0.352 e. The van der Waals surface area contributed by atoms with E-state index in [-0.39, 0.29) is 23.4 Å². The van der Waals surface area contributed by atoms with Crippen molar-refractivity contribution < 1.29 is 18.0 Å². The van der Waals surface area contributed by atoms with E-state index >= 15 is 0 Å². The Balaban J connectivity index is 1.62. The molecule has 7 nitrogen and oxygen atoms in total. The first-order chi connectivity index (χ1) is 19.8. The number of nitrogens with one attached hydrogen (secondary N) is 1. The predicted octanol–water partition coefficient (Wildman–Crippen LogP) is 5.35. The summed E-state index contributed by atoms with van der Waals surface area (Å²) in [6, 6.07) is 24.5. The standard InChI is InChI=1S/C33H41N3O4S/c1-3-27-19-21-30(22-20-27)36(41(39,40)31-17-11-6-12-18-31)25-32(37)35(24-23-28-13-7-4-8-14-28)26(2)33(38)34-29-15-9-5-10-16-29/h4,6-8,11-14,17-22,26,29H,3,5,9-10,15-16,23-25H2,1-2H3,(H,34,38). The third-order valence-electron chi connectivity index (χ3n) is 7.85. The van der Waals surface area contributed by atoms with E-state index in [1.54, 1.807) is 37.3 Å². The molecule has 0 aromatic heterocycles. The largest absolute Gasteiger partial charge is 0.352 e. The third kappa shape index (κ3) is 7.97. The van der Waals surface area contributed by atoms with E-state index in [2.05, 4.69) is 5.32 Å². The number of anilines is 1. The highest BCUT2D eigenvalue weighted by atomic mass is 32.2. The Hall–Kier alpha value is -3.65. The van der Waals surface area contributed by atoms with Crippen molar-refractivity contribution >= 4 is 27.5 Å². The van der Waals surface area contributed by atoms with Crippen LogP contribution in [0, 0.1) is 0 Å². The maximum Gasteiger partial charge on any atom is 0.264 e. The van der Waals surface area contributed by atoms with Crippen LogP contribution in [0.5, 0.6) is 0 Å². The van der Waals surface area contributed by atoms with Gasteiger partial charge in [0.15, 0.2) is 0 Å². The first kappa shape index (κ1) is 30.3. The van der Waals surface area contributed by atoms with Crippen molar-refractivity contribution in [3.8, 4) is 0 Å². The van der Waals surface area contributed by atoms with Crippen molar-refractivity contribution in [1.82, 2.24) is 10.2 Å². The second kappa shape index (κ2) is 14.3. The summed E-state index contributed by atoms with van der Waals surface area (Å²) in [4.78, 5) is 29.0. The fraction of sp³-hybridized carbons (Fsp3) is 0.394. The Morgan fingerprint density at radius 2 is 1.46 bits per heavy atom. The minimum absolute atomic E-state index is 0.103. The van der Waals surface area contributed by atoms with E-state index in [9.17, 15) is 18.0 Å². The van der Waals surface area contributed by atoms with E-state index in [0.29, 0.717) is 12.1 Å². The van der Waals surface area contributed by atoms with Gasteiger partial charge in [-0.15, -0.1) is 0 Å². The van der Waals surface area contributed by atoms with Gasteiger partial charge in [-0.25, -0.2) is 8.42 Å². The Kier molecular flexibility index (Phi) is 10.6. The number of nitrogens with zero attached hydrogens (tertiary/aromatic N) is 2. The van der Waals surface area contributed by atoms with E-state index in [0.717, 1.165) is 47.5 Å². The molecule has 0 bridgehead atoms. The van der Waals surface area contributed by atoms with E-state index in [1.165, 1.54) is 23.5 Å². The highest BCUT2D eigenvalue weighted by molar-refractivity contribution is 7.92. The van der Waals surface area contributed by atoms with Gasteiger partial charge in [-0.3, -0.25) is 13.9 Å². The van der Waals surface area contributed by atoms with Crippen molar-refractivity contribution in [1.29, 1.82) is 0 Å². The first-order valence-electron chi connectivity index (χ1n) is 14.6. The normalized spacial score (nSPS) is 14.7. The molecule has 2 amide bonds. The van der Waals surface area contributed by atoms with Crippen LogP contribution in [-0.4, -0.2) is 50.3 Å². The highest BCUT2D eigenvalue weighted by Gasteiger charge is 2.33. The number of sulfonamides is 1. The van der Waals surface area contributed by atoms with Crippen LogP contribution in [-0.2, 0) is 32.5 Å². The molecule has 8 heteroatoms. The maximum absolute atomic E-state index is 14.0. The summed E-state index contributed by atoms with van der Waals surface area (Å²) < 4.78 is 28.9. The average molecular weight is 576 g/mol. The van der Waals surface area contributed by atoms with Gasteiger partial charge in [-0.1, -0.05) is 86.8 Å². The van der Waals surface area contributed by atoms with Crippen molar-refractivity contribution in [3.63, 3.8) is 0 Å². The van der Waals surface area contributed by atoms with Gasteiger partial charge in [-0.2, -0.15) is 0 Å². The van der Waals surface area contributed by atoms with Crippen LogP contribution in [0.25, 0.3) is 0 Å². The Labute approximate surface area is 244 Å². The van der Waals surface area contributed by atoms with Crippen LogP contribution in [0.2, 0.25) is 0 Å². The summed E-state index contributed by atoms with van der Waals surface area (Å²) in [6.45, 7) is 3.63. The molecule has 41 heavy (non-hydrogen) atoms. The van der Waals surface area contributed by atoms with Crippen molar-refractivity contribution in [3.05, 3.63) is 96.1 Å². The number of hydrogen-bond donors (Lipinski definition) is 1. The molecule has 0 saturated heterocycles. The second-order valence-electron chi connectivity index (χ2n) is 10.7. The summed E-state index contributed by atoms with van der Waals surface area (Å²) in [5, 5.41) is 3.14. The molecular formula is C33H41N3O4S. The quantitative estimate of drug-likeness (QED) is 0.315. The number of rotatable bonds is 12. The third-order valence-corrected chi connectivity index (χ3v) is 9.63. The zero-order chi connectivity index (χ0) is 29.2. The predicted molar refractivity (Wildman–Crippen MR) is 163 cm³/mol. The molecule has 3 aromatic carbocycles. The topological polar surface area (TPSA) is 86.8 Å². The Morgan fingerprint density at radius 1 is 0.854 bits per heavy atom. The van der Waals surface area contributed by atoms with Crippen molar-refractivity contribution in [2.24, 2.45) is 0 Å². The van der Waals surface area contributed by atoms with Gasteiger partial charge in [0.1, 0.15) is 12.6 Å². The Morgan fingerprint density at radius 3 is 2.07 bits per heavy atom. The molecule has 218 valence electrons. The van der Waals surface area contributed by atoms with Crippen molar-refractivity contribution in [2.75, 3.05) is 17.4 Å². The summed E-state index contributed by atoms with van der Waals surface area (Å²) in [7, 11) is -4.05. The molecule has 1 N–H and O–H groups in total. The summed E-state index contributed by atoms with van der Waals surface area (Å²) in [5.41, 5.74) is 2.51. The van der Waals surface area contributed by atoms with Crippen LogP contribution in [0.4, 0.5) is 5.69 Å². The number of carbonyl (C=O) groups is 2. The number of carbonyl (C=O) groups excluding carboxylic acids is 2. The van der Waals surface area contributed by atoms with Gasteiger partial charge >= 0.3 is 0 Å². The molecule has 1 aliphatic carbocycles. The molecule has 0 heterocycles. The number of aryl methyl sites for hydroxylation is 1. The molecule has 0 radical (unpaired) electrons. The molecule has 0 aliphatic heterocycles. The average Bonchev–Trinajstić information content (AvgIpc) is 3.01. The van der Waals surface area contributed by atoms with Crippen LogP contribution < -0.4 is 9.62 Å². The lowest BCUT2D eigenvalue weighted by Crippen LogP contribution is -2.53. The molecule has 1 atom stereocenters. The lowest BCUT2D eigenvalue weighted by molar-refractivity contribution is -0.139. The highest BCUT2D eigenvalue weighted by Crippen LogP contribution is 2.25. The van der Waals surface area contributed by atoms with E-state index < -0.39 is 28.5 Å². The van der Waals surface area contributed by atoms with Crippen LogP contribution in [0.1, 0.15) is 57.1 Å². The minimum atomic E-state index is -4.05. The Bertz CT molecular complexity index is 1370. The zero-order valence-corrected chi connectivity index (χ0v) is 24.9. The molecule has 3 aromatic rings. The van der Waals surface area contributed by atoms with Crippen molar-refractivity contribution in [2.45, 2.75) is 75.8 Å². The van der Waals surface area contributed by atoms with Crippen LogP contribution in [0.15, 0.2) is 89.8 Å². The fourth-order valence-corrected chi connectivity index (χ4v) is 6.72. The fourth-order valence-electron chi connectivity index (χ4n) is 5.29. The second-order valence-corrected chi connectivity index (χ2v) is 12.5. The van der Waals surface area contributed by atoms with Gasteiger partial charge in [0.05, 0.1) is 10.6 Å². The molecular weight excluding hydrogens is 534 g/mol. The lowest BCUT2D eigenvalue weighted by atomic mass is 9.95. The monoisotopic (exact) mass is 575 g/mol. The van der Waals surface area contributed by atoms with E-state index in [4.69, 9.17) is 0 Å². The zero-order valence-electron chi connectivity index (χ0n) is 24.0. The van der Waals surface area contributed by atoms with Gasteiger partial charge in [0.2, 0.25) is 11.8 Å². The van der Waals surface area contributed by atoms with Crippen LogP contribution >= 0.6 is 0 Å². The molecule has 1 aliphatic rings. The van der Waals surface area contributed by atoms with Gasteiger partial charge in [0.25, 0.3) is 10.0 Å². The summed E-state index contributed by atoms with van der Waals surface area (Å²) >= 11 is 0. The first-order valence-corrected chi connectivity index (χ1v) is 16.0. The lowest BCUT2D eigenvalue weighted by Gasteiger charge is -2.33. The maximum atomic E-state index is 14.0. The SMILES string of the molecule is CCc1ccc(N(CC(=O)N(CCc2ccccc2)C(C)C(=O)NC2CCCCC2)S(=O)(=O)c2ccccc2)cc1. The number of benzene rings is 3. The summed E-state index contributed by atoms with van der Waals surface area (Å²) in [5.74, 6) is -0.630. The molecule has 4 rings (SSSR count). The van der Waals surface area contributed by atoms with Gasteiger partial charge in [0, 0.05) is 12.6 Å². The van der Waals surface area contributed by atoms with Gasteiger partial charge < -0.3 is 10.2 Å².